The molecule has 2 rings (SSSR count). The summed E-state index contributed by atoms with van der Waals surface area (Å²) >= 11 is 0. The van der Waals surface area contributed by atoms with Gasteiger partial charge < -0.3 is 14.6 Å². The van der Waals surface area contributed by atoms with Crippen molar-refractivity contribution in [2.24, 2.45) is 0 Å². The molecule has 0 aliphatic carbocycles. The van der Waals surface area contributed by atoms with Gasteiger partial charge in [-0.05, 0) is 31.0 Å². The van der Waals surface area contributed by atoms with E-state index in [9.17, 15) is 17.6 Å². The maximum Gasteiger partial charge on any atom is 0.341 e. The molecule has 1 atom stereocenters. The van der Waals surface area contributed by atoms with Crippen LogP contribution in [0.2, 0.25) is 0 Å². The maximum absolute atomic E-state index is 13.7. The van der Waals surface area contributed by atoms with Crippen molar-refractivity contribution in [3.8, 4) is 5.75 Å². The van der Waals surface area contributed by atoms with Gasteiger partial charge >= 0.3 is 5.97 Å². The van der Waals surface area contributed by atoms with E-state index in [-0.39, 0.29) is 23.3 Å². The van der Waals surface area contributed by atoms with Crippen LogP contribution in [0.15, 0.2) is 23.1 Å². The van der Waals surface area contributed by atoms with Gasteiger partial charge in [-0.2, -0.15) is 0 Å². The normalized spacial score (nSPS) is 18.3. The molecule has 122 valence electrons. The van der Waals surface area contributed by atoms with E-state index < -0.39 is 28.4 Å². The maximum atomic E-state index is 13.7. The number of carboxylic acid groups (broad SMARTS) is 1. The van der Waals surface area contributed by atoms with Crippen LogP contribution in [0.1, 0.15) is 12.8 Å². The van der Waals surface area contributed by atoms with E-state index in [4.69, 9.17) is 14.6 Å². The molecule has 1 saturated heterocycles. The van der Waals surface area contributed by atoms with Crippen LogP contribution in [-0.4, -0.2) is 45.4 Å². The minimum absolute atomic E-state index is 0.126. The van der Waals surface area contributed by atoms with Gasteiger partial charge in [0.2, 0.25) is 10.0 Å². The molecule has 22 heavy (non-hydrogen) atoms. The molecule has 1 aliphatic rings. The summed E-state index contributed by atoms with van der Waals surface area (Å²) in [7, 11) is -3.86. The third kappa shape index (κ3) is 4.39. The van der Waals surface area contributed by atoms with Crippen LogP contribution < -0.4 is 9.46 Å². The van der Waals surface area contributed by atoms with Crippen LogP contribution in [-0.2, 0) is 19.6 Å². The van der Waals surface area contributed by atoms with Crippen LogP contribution >= 0.6 is 0 Å². The van der Waals surface area contributed by atoms with Crippen LogP contribution in [0, 0.1) is 5.82 Å². The quantitative estimate of drug-likeness (QED) is 0.763. The Morgan fingerprint density at radius 2 is 2.27 bits per heavy atom. The molecule has 7 nitrogen and oxygen atoms in total. The molecule has 1 heterocycles. The van der Waals surface area contributed by atoms with Gasteiger partial charge in [-0.15, -0.1) is 0 Å². The van der Waals surface area contributed by atoms with Crippen LogP contribution in [0.4, 0.5) is 4.39 Å². The van der Waals surface area contributed by atoms with Crippen LogP contribution in [0.25, 0.3) is 0 Å². The Kier molecular flexibility index (Phi) is 5.33. The number of hydrogen-bond acceptors (Lipinski definition) is 5. The third-order valence-corrected chi connectivity index (χ3v) is 4.51. The summed E-state index contributed by atoms with van der Waals surface area (Å²) in [5.74, 6) is -2.52. The molecule has 0 spiro atoms. The zero-order valence-electron chi connectivity index (χ0n) is 11.6. The highest BCUT2D eigenvalue weighted by Gasteiger charge is 2.21. The van der Waals surface area contributed by atoms with Gasteiger partial charge in [-0.1, -0.05) is 0 Å². The summed E-state index contributed by atoms with van der Waals surface area (Å²) in [6, 6.07) is 3.02. The Labute approximate surface area is 127 Å². The van der Waals surface area contributed by atoms with Crippen molar-refractivity contribution in [3.63, 3.8) is 0 Å². The van der Waals surface area contributed by atoms with Crippen LogP contribution in [0.5, 0.6) is 5.75 Å². The number of hydrogen-bond donors (Lipinski definition) is 2. The smallest absolute Gasteiger partial charge is 0.341 e. The summed E-state index contributed by atoms with van der Waals surface area (Å²) in [5, 5.41) is 8.46. The molecule has 1 aliphatic heterocycles. The predicted octanol–water partition coefficient (Wildman–Crippen LogP) is 0.746. The Morgan fingerprint density at radius 3 is 2.86 bits per heavy atom. The third-order valence-electron chi connectivity index (χ3n) is 3.09. The van der Waals surface area contributed by atoms with Gasteiger partial charge in [-0.25, -0.2) is 22.3 Å². The first-order chi connectivity index (χ1) is 10.4. The number of nitrogens with one attached hydrogen (secondary N) is 1. The summed E-state index contributed by atoms with van der Waals surface area (Å²) in [6.45, 7) is 0.0259. The highest BCUT2D eigenvalue weighted by Crippen LogP contribution is 2.21. The topological polar surface area (TPSA) is 102 Å². The van der Waals surface area contributed by atoms with Gasteiger partial charge in [-0.3, -0.25) is 0 Å². The Balaban J connectivity index is 2.03. The van der Waals surface area contributed by atoms with Gasteiger partial charge in [0.05, 0.1) is 11.0 Å². The number of ether oxygens (including phenoxy) is 2. The Bertz CT molecular complexity index is 642. The molecular formula is C13H16FNO6S. The van der Waals surface area contributed by atoms with Crippen molar-refractivity contribution < 1.29 is 32.2 Å². The Hall–Kier alpha value is -1.71. The lowest BCUT2D eigenvalue weighted by molar-refractivity contribution is -0.139. The number of carboxylic acids is 1. The highest BCUT2D eigenvalue weighted by atomic mass is 32.2. The van der Waals surface area contributed by atoms with E-state index in [0.29, 0.717) is 6.61 Å². The fourth-order valence-corrected chi connectivity index (χ4v) is 3.07. The minimum atomic E-state index is -3.86. The molecule has 9 heteroatoms. The molecule has 1 aromatic rings. The summed E-state index contributed by atoms with van der Waals surface area (Å²) in [4.78, 5) is 10.1. The number of aliphatic carboxylic acids is 1. The first-order valence-corrected chi connectivity index (χ1v) is 8.12. The molecule has 0 bridgehead atoms. The van der Waals surface area contributed by atoms with Crippen molar-refractivity contribution in [1.29, 1.82) is 0 Å². The lowest BCUT2D eigenvalue weighted by Crippen LogP contribution is -2.31. The summed E-state index contributed by atoms with van der Waals surface area (Å²) in [6.07, 6.45) is 1.49. The fraction of sp³-hybridized carbons (Fsp3) is 0.462. The van der Waals surface area contributed by atoms with Gasteiger partial charge in [0.25, 0.3) is 0 Å². The lowest BCUT2D eigenvalue weighted by atomic mass is 10.2. The molecule has 0 radical (unpaired) electrons. The highest BCUT2D eigenvalue weighted by molar-refractivity contribution is 7.89. The van der Waals surface area contributed by atoms with E-state index in [1.807, 2.05) is 0 Å². The zero-order chi connectivity index (χ0) is 16.2. The second-order valence-electron chi connectivity index (χ2n) is 4.76. The molecule has 0 amide bonds. The summed E-state index contributed by atoms with van der Waals surface area (Å²) < 4.78 is 50.2. The van der Waals surface area contributed by atoms with Crippen molar-refractivity contribution >= 4 is 16.0 Å². The van der Waals surface area contributed by atoms with E-state index in [1.54, 1.807) is 0 Å². The second-order valence-corrected chi connectivity index (χ2v) is 6.53. The lowest BCUT2D eigenvalue weighted by Gasteiger charge is -2.12. The van der Waals surface area contributed by atoms with E-state index >= 15 is 0 Å². The molecule has 1 aromatic carbocycles. The second kappa shape index (κ2) is 7.03. The standard InChI is InChI=1S/C13H16FNO6S/c14-11-6-10(3-4-12(11)21-8-13(16)17)22(18,19)15-7-9-2-1-5-20-9/h3-4,6,9,15H,1-2,5,7-8H2,(H,16,17). The van der Waals surface area contributed by atoms with Crippen molar-refractivity contribution in [2.75, 3.05) is 19.8 Å². The minimum Gasteiger partial charge on any atom is -0.479 e. The molecule has 2 N–H and O–H groups in total. The summed E-state index contributed by atoms with van der Waals surface area (Å²) in [5.41, 5.74) is 0. The molecular weight excluding hydrogens is 317 g/mol. The average molecular weight is 333 g/mol. The van der Waals surface area contributed by atoms with Crippen LogP contribution in [0.3, 0.4) is 0 Å². The average Bonchev–Trinajstić information content (AvgIpc) is 2.97. The largest absolute Gasteiger partial charge is 0.479 e. The SMILES string of the molecule is O=C(O)COc1ccc(S(=O)(=O)NCC2CCCO2)cc1F. The fourth-order valence-electron chi connectivity index (χ4n) is 2.00. The number of halogens is 1. The Morgan fingerprint density at radius 1 is 1.50 bits per heavy atom. The molecule has 1 unspecified atom stereocenters. The van der Waals surface area contributed by atoms with E-state index in [0.717, 1.165) is 31.0 Å². The van der Waals surface area contributed by atoms with Gasteiger partial charge in [0.15, 0.2) is 18.2 Å². The zero-order valence-corrected chi connectivity index (χ0v) is 12.4. The first-order valence-electron chi connectivity index (χ1n) is 6.64. The molecule has 0 saturated carbocycles. The number of carbonyl (C=O) groups is 1. The van der Waals surface area contributed by atoms with E-state index in [1.165, 1.54) is 0 Å². The van der Waals surface area contributed by atoms with Crippen molar-refractivity contribution in [3.05, 3.63) is 24.0 Å². The number of sulfonamides is 1. The number of rotatable bonds is 7. The van der Waals surface area contributed by atoms with Crippen molar-refractivity contribution in [1.82, 2.24) is 4.72 Å². The molecule has 1 fully saturated rings. The van der Waals surface area contributed by atoms with Gasteiger partial charge in [0, 0.05) is 13.2 Å². The predicted molar refractivity (Wildman–Crippen MR) is 73.7 cm³/mol. The van der Waals surface area contributed by atoms with Gasteiger partial charge in [0.1, 0.15) is 0 Å². The first kappa shape index (κ1) is 16.7. The monoisotopic (exact) mass is 333 g/mol. The number of benzene rings is 1. The van der Waals surface area contributed by atoms with Crippen molar-refractivity contribution in [2.45, 2.75) is 23.8 Å². The van der Waals surface area contributed by atoms with E-state index in [2.05, 4.69) is 4.72 Å². The molecule has 0 aromatic heterocycles.